The summed E-state index contributed by atoms with van der Waals surface area (Å²) in [5.74, 6) is -0.103. The van der Waals surface area contributed by atoms with E-state index in [2.05, 4.69) is 49.6 Å². The Hall–Kier alpha value is -3.16. The third-order valence-electron chi connectivity index (χ3n) is 8.53. The van der Waals surface area contributed by atoms with Crippen LogP contribution in [0.3, 0.4) is 0 Å². The van der Waals surface area contributed by atoms with Crippen molar-refractivity contribution < 1.29 is 13.2 Å². The second-order valence-corrected chi connectivity index (χ2v) is 15.0. The van der Waals surface area contributed by atoms with Gasteiger partial charge in [0.25, 0.3) is 10.0 Å². The Balaban J connectivity index is 1.39. The highest BCUT2D eigenvalue weighted by molar-refractivity contribution is 7.93. The Morgan fingerprint density at radius 1 is 0.929 bits per heavy atom. The molecule has 1 amide bonds. The second-order valence-electron chi connectivity index (χ2n) is 13.2. The third-order valence-corrected chi connectivity index (χ3v) is 10.7. The van der Waals surface area contributed by atoms with Gasteiger partial charge in [-0.1, -0.05) is 54.1 Å². The molecule has 42 heavy (non-hydrogen) atoms. The number of hydrogen-bond donors (Lipinski definition) is 2. The van der Waals surface area contributed by atoms with Crippen LogP contribution in [0.5, 0.6) is 0 Å². The molecule has 3 aromatic rings. The maximum absolute atomic E-state index is 14.4. The van der Waals surface area contributed by atoms with Crippen LogP contribution >= 0.6 is 0 Å². The summed E-state index contributed by atoms with van der Waals surface area (Å²) >= 11 is 0. The molecule has 1 heterocycles. The Kier molecular flexibility index (Phi) is 8.55. The average molecular weight is 588 g/mol. The zero-order valence-corrected chi connectivity index (χ0v) is 26.7. The van der Waals surface area contributed by atoms with E-state index in [-0.39, 0.29) is 23.9 Å². The summed E-state index contributed by atoms with van der Waals surface area (Å²) in [4.78, 5) is 14.0. The standard InChI is InChI=1S/C35H45N3O3S/c1-23-18-24(2)34(25(3)19-23)42(40,41)38-29(16-15-27-10-7-8-13-32(27)38)21-33(39)37-31-12-9-11-28-20-26(14-17-30(28)31)22-36-35(4,5)6/h7-8,10,13-14,17-20,29,31,36H,9,11-12,15-16,21-22H2,1-6H3,(H,37,39)/t29?,31-/m1/s1. The van der Waals surface area contributed by atoms with Crippen molar-refractivity contribution in [1.29, 1.82) is 0 Å². The monoisotopic (exact) mass is 587 g/mol. The summed E-state index contributed by atoms with van der Waals surface area (Å²) in [5.41, 5.74) is 7.94. The van der Waals surface area contributed by atoms with Crippen LogP contribution in [-0.2, 0) is 34.2 Å². The first-order valence-corrected chi connectivity index (χ1v) is 16.6. The van der Waals surface area contributed by atoms with Crippen LogP contribution in [0.2, 0.25) is 0 Å². The molecule has 224 valence electrons. The number of nitrogens with zero attached hydrogens (tertiary/aromatic N) is 1. The molecule has 0 radical (unpaired) electrons. The summed E-state index contributed by atoms with van der Waals surface area (Å²) in [6.07, 6.45) is 4.36. The molecule has 2 aliphatic rings. The number of aryl methyl sites for hydroxylation is 5. The molecule has 0 saturated carbocycles. The van der Waals surface area contributed by atoms with E-state index in [1.807, 2.05) is 57.2 Å². The molecule has 1 unspecified atom stereocenters. The van der Waals surface area contributed by atoms with Crippen LogP contribution < -0.4 is 14.9 Å². The number of hydrogen-bond acceptors (Lipinski definition) is 4. The predicted octanol–water partition coefficient (Wildman–Crippen LogP) is 6.59. The third kappa shape index (κ3) is 6.42. The lowest BCUT2D eigenvalue weighted by Crippen LogP contribution is -2.47. The van der Waals surface area contributed by atoms with E-state index in [1.165, 1.54) is 16.7 Å². The lowest BCUT2D eigenvalue weighted by Gasteiger charge is -2.38. The number of rotatable bonds is 7. The van der Waals surface area contributed by atoms with Gasteiger partial charge in [-0.3, -0.25) is 9.10 Å². The highest BCUT2D eigenvalue weighted by Gasteiger charge is 2.38. The zero-order valence-electron chi connectivity index (χ0n) is 25.9. The van der Waals surface area contributed by atoms with Crippen LogP contribution in [0.4, 0.5) is 5.69 Å². The van der Waals surface area contributed by atoms with Gasteiger partial charge in [0.1, 0.15) is 0 Å². The largest absolute Gasteiger partial charge is 0.349 e. The summed E-state index contributed by atoms with van der Waals surface area (Å²) < 4.78 is 30.3. The van der Waals surface area contributed by atoms with E-state index in [4.69, 9.17) is 0 Å². The van der Waals surface area contributed by atoms with Gasteiger partial charge in [0.15, 0.2) is 0 Å². The summed E-state index contributed by atoms with van der Waals surface area (Å²) in [5, 5.41) is 6.84. The van der Waals surface area contributed by atoms with Crippen LogP contribution in [0.25, 0.3) is 0 Å². The van der Waals surface area contributed by atoms with E-state index in [0.717, 1.165) is 54.5 Å². The Morgan fingerprint density at radius 2 is 1.64 bits per heavy atom. The molecule has 5 rings (SSSR count). The average Bonchev–Trinajstić information content (AvgIpc) is 2.90. The minimum atomic E-state index is -3.90. The maximum Gasteiger partial charge on any atom is 0.265 e. The van der Waals surface area contributed by atoms with Crippen LogP contribution in [-0.4, -0.2) is 25.9 Å². The predicted molar refractivity (Wildman–Crippen MR) is 170 cm³/mol. The Morgan fingerprint density at radius 3 is 2.36 bits per heavy atom. The topological polar surface area (TPSA) is 78.5 Å². The van der Waals surface area contributed by atoms with E-state index in [1.54, 1.807) is 4.31 Å². The van der Waals surface area contributed by atoms with E-state index in [9.17, 15) is 13.2 Å². The summed E-state index contributed by atoms with van der Waals surface area (Å²) in [7, 11) is -3.90. The smallest absolute Gasteiger partial charge is 0.265 e. The van der Waals surface area contributed by atoms with Crippen LogP contribution in [0.1, 0.15) is 91.4 Å². The van der Waals surface area contributed by atoms with Gasteiger partial charge >= 0.3 is 0 Å². The van der Waals surface area contributed by atoms with Crippen LogP contribution in [0.15, 0.2) is 59.5 Å². The number of para-hydroxylation sites is 1. The number of fused-ring (bicyclic) bond motifs is 2. The molecule has 0 aromatic heterocycles. The van der Waals surface area contributed by atoms with Crippen molar-refractivity contribution >= 4 is 21.6 Å². The molecule has 2 N–H and O–H groups in total. The molecule has 0 fully saturated rings. The number of nitrogens with one attached hydrogen (secondary N) is 2. The fraction of sp³-hybridized carbons (Fsp3) is 0.457. The number of carbonyl (C=O) groups is 1. The van der Waals surface area contributed by atoms with Gasteiger partial charge in [-0.15, -0.1) is 0 Å². The quantitative estimate of drug-likeness (QED) is 0.327. The molecule has 0 spiro atoms. The first kappa shape index (κ1) is 30.3. The molecule has 0 saturated heterocycles. The Labute approximate surface area is 252 Å². The van der Waals surface area contributed by atoms with Gasteiger partial charge in [0.2, 0.25) is 5.91 Å². The SMILES string of the molecule is Cc1cc(C)c(S(=O)(=O)N2c3ccccc3CCC2CC(=O)N[C@@H]2CCCc3cc(CNC(C)(C)C)ccc32)c(C)c1. The number of anilines is 1. The number of benzene rings is 3. The fourth-order valence-corrected chi connectivity index (χ4v) is 8.86. The molecular formula is C35H45N3O3S. The number of carbonyl (C=O) groups excluding carboxylic acids is 1. The molecule has 1 aliphatic heterocycles. The minimum Gasteiger partial charge on any atom is -0.349 e. The van der Waals surface area contributed by atoms with Crippen molar-refractivity contribution in [2.45, 2.75) is 109 Å². The van der Waals surface area contributed by atoms with Crippen LogP contribution in [0, 0.1) is 20.8 Å². The zero-order chi connectivity index (χ0) is 30.2. The minimum absolute atomic E-state index is 0.0459. The fourth-order valence-electron chi connectivity index (χ4n) is 6.72. The number of sulfonamides is 1. The normalized spacial score (nSPS) is 18.8. The summed E-state index contributed by atoms with van der Waals surface area (Å²) in [6.45, 7) is 13.0. The molecule has 6 nitrogen and oxygen atoms in total. The van der Waals surface area contributed by atoms with Gasteiger partial charge in [-0.25, -0.2) is 8.42 Å². The summed E-state index contributed by atoms with van der Waals surface area (Å²) in [6, 6.07) is 17.6. The molecule has 1 aliphatic carbocycles. The lowest BCUT2D eigenvalue weighted by molar-refractivity contribution is -0.122. The molecule has 7 heteroatoms. The van der Waals surface area contributed by atoms with Gasteiger partial charge in [0, 0.05) is 18.5 Å². The van der Waals surface area contributed by atoms with Crippen molar-refractivity contribution in [2.75, 3.05) is 4.31 Å². The highest BCUT2D eigenvalue weighted by Crippen LogP contribution is 2.38. The first-order valence-electron chi connectivity index (χ1n) is 15.2. The van der Waals surface area contributed by atoms with Gasteiger partial charge in [0.05, 0.1) is 22.7 Å². The second kappa shape index (κ2) is 11.8. The van der Waals surface area contributed by atoms with E-state index in [0.29, 0.717) is 17.0 Å². The molecule has 2 atom stereocenters. The van der Waals surface area contributed by atoms with Crippen molar-refractivity contribution in [3.8, 4) is 0 Å². The van der Waals surface area contributed by atoms with E-state index < -0.39 is 16.1 Å². The highest BCUT2D eigenvalue weighted by atomic mass is 32.2. The molecule has 3 aromatic carbocycles. The Bertz CT molecular complexity index is 1570. The van der Waals surface area contributed by atoms with Crippen molar-refractivity contribution in [3.05, 3.63) is 93.5 Å². The van der Waals surface area contributed by atoms with Crippen molar-refractivity contribution in [1.82, 2.24) is 10.6 Å². The van der Waals surface area contributed by atoms with Gasteiger partial charge in [-0.2, -0.15) is 0 Å². The van der Waals surface area contributed by atoms with Crippen molar-refractivity contribution in [3.63, 3.8) is 0 Å². The first-order chi connectivity index (χ1) is 19.8. The van der Waals surface area contributed by atoms with Crippen molar-refractivity contribution in [2.24, 2.45) is 0 Å². The van der Waals surface area contributed by atoms with Gasteiger partial charge in [-0.05, 0) is 113 Å². The van der Waals surface area contributed by atoms with E-state index >= 15 is 0 Å². The maximum atomic E-state index is 14.4. The number of amides is 1. The van der Waals surface area contributed by atoms with Gasteiger partial charge < -0.3 is 10.6 Å². The lowest BCUT2D eigenvalue weighted by atomic mass is 9.86. The molecular weight excluding hydrogens is 542 g/mol. The molecule has 0 bridgehead atoms.